The summed E-state index contributed by atoms with van der Waals surface area (Å²) in [6.07, 6.45) is 4.58. The smallest absolute Gasteiger partial charge is 0.120 e. The first-order valence-electron chi connectivity index (χ1n) is 7.89. The molecule has 0 amide bonds. The van der Waals surface area contributed by atoms with Crippen molar-refractivity contribution in [3.8, 4) is 5.75 Å². The molecular weight excluding hydrogens is 328 g/mol. The predicted molar refractivity (Wildman–Crippen MR) is 89.2 cm³/mol. The fraction of sp³-hybridized carbons (Fsp3) is 0.647. The maximum Gasteiger partial charge on any atom is 0.120 e. The lowest BCUT2D eigenvalue weighted by atomic mass is 9.81. The van der Waals surface area contributed by atoms with Crippen LogP contribution in [0.3, 0.4) is 0 Å². The number of likely N-dealkylation sites (tertiary alicyclic amines) is 1. The molecule has 2 heterocycles. The lowest BCUT2D eigenvalue weighted by Gasteiger charge is -2.35. The van der Waals surface area contributed by atoms with E-state index < -0.39 is 0 Å². The summed E-state index contributed by atoms with van der Waals surface area (Å²) in [6.45, 7) is 4.92. The number of ether oxygens (including phenoxy) is 1. The van der Waals surface area contributed by atoms with Crippen molar-refractivity contribution in [1.29, 1.82) is 0 Å². The van der Waals surface area contributed by atoms with Crippen LogP contribution >= 0.6 is 15.9 Å². The van der Waals surface area contributed by atoms with Gasteiger partial charge >= 0.3 is 0 Å². The van der Waals surface area contributed by atoms with E-state index in [0.717, 1.165) is 16.1 Å². The highest BCUT2D eigenvalue weighted by molar-refractivity contribution is 9.10. The molecule has 21 heavy (non-hydrogen) atoms. The van der Waals surface area contributed by atoms with E-state index in [1.165, 1.54) is 43.6 Å². The number of rotatable bonds is 3. The maximum atomic E-state index is 5.49. The number of likely N-dealkylation sites (N-methyl/N-ethyl adjacent to an activating group) is 1. The zero-order valence-electron chi connectivity index (χ0n) is 13.0. The van der Waals surface area contributed by atoms with Crippen LogP contribution < -0.4 is 9.64 Å². The van der Waals surface area contributed by atoms with Gasteiger partial charge in [-0.05, 0) is 58.8 Å². The fourth-order valence-corrected chi connectivity index (χ4v) is 5.13. The van der Waals surface area contributed by atoms with Gasteiger partial charge in [-0.3, -0.25) is 4.90 Å². The molecule has 4 rings (SSSR count). The van der Waals surface area contributed by atoms with Crippen LogP contribution in [0.5, 0.6) is 5.75 Å². The molecule has 1 aromatic carbocycles. The van der Waals surface area contributed by atoms with Crippen molar-refractivity contribution in [2.75, 3.05) is 32.1 Å². The summed E-state index contributed by atoms with van der Waals surface area (Å²) < 4.78 is 6.64. The van der Waals surface area contributed by atoms with Crippen molar-refractivity contribution < 1.29 is 4.74 Å². The van der Waals surface area contributed by atoms with Gasteiger partial charge in [-0.2, -0.15) is 0 Å². The molecule has 1 aliphatic carbocycles. The van der Waals surface area contributed by atoms with Gasteiger partial charge in [-0.25, -0.2) is 0 Å². The molecule has 0 bridgehead atoms. The molecule has 1 aromatic rings. The van der Waals surface area contributed by atoms with Gasteiger partial charge in [-0.1, -0.05) is 6.92 Å². The normalized spacial score (nSPS) is 31.4. The van der Waals surface area contributed by atoms with Crippen molar-refractivity contribution in [1.82, 2.24) is 4.90 Å². The molecular formula is C17H23BrN2O. The summed E-state index contributed by atoms with van der Waals surface area (Å²) in [5, 5.41) is 0. The third-order valence-corrected chi connectivity index (χ3v) is 6.24. The summed E-state index contributed by atoms with van der Waals surface area (Å²) in [7, 11) is 4.00. The predicted octanol–water partition coefficient (Wildman–Crippen LogP) is 3.61. The number of hydrogen-bond donors (Lipinski definition) is 0. The maximum absolute atomic E-state index is 5.49. The zero-order chi connectivity index (χ0) is 14.8. The van der Waals surface area contributed by atoms with Gasteiger partial charge in [0.2, 0.25) is 0 Å². The zero-order valence-corrected chi connectivity index (χ0v) is 14.6. The van der Waals surface area contributed by atoms with Crippen LogP contribution in [0.1, 0.15) is 31.7 Å². The first-order valence-corrected chi connectivity index (χ1v) is 8.69. The number of nitrogens with zero attached hydrogens (tertiary/aromatic N) is 2. The highest BCUT2D eigenvalue weighted by atomic mass is 79.9. The van der Waals surface area contributed by atoms with E-state index in [-0.39, 0.29) is 5.41 Å². The summed E-state index contributed by atoms with van der Waals surface area (Å²) in [5.41, 5.74) is 3.01. The second-order valence-electron chi connectivity index (χ2n) is 7.10. The average Bonchev–Trinajstić information content (AvgIpc) is 3.16. The van der Waals surface area contributed by atoms with Gasteiger partial charge in [0.05, 0.1) is 19.0 Å². The first kappa shape index (κ1) is 13.9. The Labute approximate surface area is 135 Å². The van der Waals surface area contributed by atoms with Crippen molar-refractivity contribution in [3.63, 3.8) is 0 Å². The van der Waals surface area contributed by atoms with Gasteiger partial charge in [0, 0.05) is 30.0 Å². The SMILES string of the molecule is COc1cc(Br)c2c(c1)[C@]1(C)CCN(CC3CC3)[C@@H]1N2C. The molecule has 1 saturated carbocycles. The molecule has 114 valence electrons. The summed E-state index contributed by atoms with van der Waals surface area (Å²) in [4.78, 5) is 5.19. The van der Waals surface area contributed by atoms with Gasteiger partial charge in [0.1, 0.15) is 5.75 Å². The summed E-state index contributed by atoms with van der Waals surface area (Å²) >= 11 is 3.75. The van der Waals surface area contributed by atoms with Gasteiger partial charge in [-0.15, -0.1) is 0 Å². The Bertz CT molecular complexity index is 586. The molecule has 3 aliphatic rings. The van der Waals surface area contributed by atoms with Crippen LogP contribution in [0.4, 0.5) is 5.69 Å². The summed E-state index contributed by atoms with van der Waals surface area (Å²) in [6, 6.07) is 4.34. The van der Waals surface area contributed by atoms with Crippen LogP contribution in [0.2, 0.25) is 0 Å². The number of halogens is 1. The molecule has 2 aliphatic heterocycles. The minimum absolute atomic E-state index is 0.218. The topological polar surface area (TPSA) is 15.7 Å². The van der Waals surface area contributed by atoms with Crippen LogP contribution in [0, 0.1) is 5.92 Å². The average molecular weight is 351 g/mol. The Balaban J connectivity index is 1.77. The van der Waals surface area contributed by atoms with Crippen molar-refractivity contribution in [2.24, 2.45) is 5.92 Å². The molecule has 0 spiro atoms. The molecule has 2 fully saturated rings. The quantitative estimate of drug-likeness (QED) is 0.828. The van der Waals surface area contributed by atoms with Crippen LogP contribution in [-0.4, -0.2) is 38.3 Å². The standard InChI is InChI=1S/C17H23BrN2O/c1-17-6-7-20(10-11-4-5-11)16(17)19(2)15-13(17)8-12(21-3)9-14(15)18/h8-9,11,16H,4-7,10H2,1-3H3/t16-,17-/m0/s1. The van der Waals surface area contributed by atoms with Gasteiger partial charge in [0.15, 0.2) is 0 Å². The molecule has 1 saturated heterocycles. The third kappa shape index (κ3) is 1.95. The molecule has 0 radical (unpaired) electrons. The molecule has 0 aromatic heterocycles. The minimum Gasteiger partial charge on any atom is -0.497 e. The highest BCUT2D eigenvalue weighted by Gasteiger charge is 2.54. The number of fused-ring (bicyclic) bond motifs is 3. The molecule has 4 heteroatoms. The van der Waals surface area contributed by atoms with E-state index >= 15 is 0 Å². The van der Waals surface area contributed by atoms with E-state index in [2.05, 4.69) is 51.8 Å². The van der Waals surface area contributed by atoms with Crippen LogP contribution in [0.25, 0.3) is 0 Å². The van der Waals surface area contributed by atoms with E-state index in [9.17, 15) is 0 Å². The molecule has 0 N–H and O–H groups in total. The Morgan fingerprint density at radius 1 is 1.38 bits per heavy atom. The van der Waals surface area contributed by atoms with Crippen molar-refractivity contribution in [3.05, 3.63) is 22.2 Å². The van der Waals surface area contributed by atoms with Gasteiger partial charge in [0.25, 0.3) is 0 Å². The number of anilines is 1. The number of methoxy groups -OCH3 is 1. The van der Waals surface area contributed by atoms with E-state index in [4.69, 9.17) is 4.74 Å². The van der Waals surface area contributed by atoms with Crippen LogP contribution in [0.15, 0.2) is 16.6 Å². The minimum atomic E-state index is 0.218. The molecule has 3 nitrogen and oxygen atoms in total. The third-order valence-electron chi connectivity index (χ3n) is 5.63. The lowest BCUT2D eigenvalue weighted by Crippen LogP contribution is -2.47. The number of benzene rings is 1. The second kappa shape index (κ2) is 4.63. The number of hydrogen-bond acceptors (Lipinski definition) is 3. The molecule has 2 atom stereocenters. The first-order chi connectivity index (χ1) is 10.0. The Morgan fingerprint density at radius 2 is 2.14 bits per heavy atom. The van der Waals surface area contributed by atoms with E-state index in [1.54, 1.807) is 7.11 Å². The lowest BCUT2D eigenvalue weighted by molar-refractivity contribution is 0.215. The molecule has 0 unspecified atom stereocenters. The summed E-state index contributed by atoms with van der Waals surface area (Å²) in [5.74, 6) is 1.90. The largest absolute Gasteiger partial charge is 0.497 e. The van der Waals surface area contributed by atoms with Crippen LogP contribution in [-0.2, 0) is 5.41 Å². The van der Waals surface area contributed by atoms with E-state index in [0.29, 0.717) is 6.17 Å². The Kier molecular flexibility index (Phi) is 3.06. The Hall–Kier alpha value is -0.740. The second-order valence-corrected chi connectivity index (χ2v) is 7.95. The monoisotopic (exact) mass is 350 g/mol. The fourth-order valence-electron chi connectivity index (χ4n) is 4.41. The van der Waals surface area contributed by atoms with Crippen molar-refractivity contribution in [2.45, 2.75) is 37.8 Å². The van der Waals surface area contributed by atoms with E-state index in [1.807, 2.05) is 0 Å². The van der Waals surface area contributed by atoms with Gasteiger partial charge < -0.3 is 9.64 Å². The highest BCUT2D eigenvalue weighted by Crippen LogP contribution is 2.55. The Morgan fingerprint density at radius 3 is 2.81 bits per heavy atom. The van der Waals surface area contributed by atoms with Crippen molar-refractivity contribution >= 4 is 21.6 Å².